The highest BCUT2D eigenvalue weighted by Crippen LogP contribution is 2.27. The number of piperazine rings is 1. The van der Waals surface area contributed by atoms with Crippen LogP contribution in [0.1, 0.15) is 93.9 Å². The molecule has 0 aromatic carbocycles. The van der Waals surface area contributed by atoms with Crippen LogP contribution in [0.4, 0.5) is 0 Å². The third-order valence-corrected chi connectivity index (χ3v) is 10.5. The summed E-state index contributed by atoms with van der Waals surface area (Å²) in [5, 5.41) is 0. The van der Waals surface area contributed by atoms with E-state index in [0.29, 0.717) is 11.9 Å². The molecule has 7 rings (SSSR count). The van der Waals surface area contributed by atoms with Crippen molar-refractivity contribution in [3.8, 4) is 0 Å². The number of fused-ring (bicyclic) bond motifs is 3. The van der Waals surface area contributed by atoms with Crippen LogP contribution in [0.2, 0.25) is 0 Å². The molecule has 0 spiro atoms. The summed E-state index contributed by atoms with van der Waals surface area (Å²) >= 11 is 0. The Bertz CT molecular complexity index is 788. The lowest BCUT2D eigenvalue weighted by Gasteiger charge is -2.39. The second kappa shape index (κ2) is 15.3. The Labute approximate surface area is 253 Å². The molecule has 3 unspecified atom stereocenters. The van der Waals surface area contributed by atoms with Gasteiger partial charge in [0.15, 0.2) is 0 Å². The number of hydrogen-bond acceptors (Lipinski definition) is 7. The molecule has 7 fully saturated rings. The zero-order chi connectivity index (χ0) is 29.7. The molecule has 7 heterocycles. The van der Waals surface area contributed by atoms with Gasteiger partial charge in [-0.25, -0.2) is 0 Å². The van der Waals surface area contributed by atoms with E-state index < -0.39 is 0 Å². The topological polar surface area (TPSA) is 39.5 Å². The van der Waals surface area contributed by atoms with E-state index in [1.54, 1.807) is 0 Å². The normalized spacial score (nSPS) is 30.8. The molecule has 238 valence electrons. The van der Waals surface area contributed by atoms with Gasteiger partial charge in [0.1, 0.15) is 0 Å². The molecule has 0 N–H and O–H groups in total. The van der Waals surface area contributed by atoms with Gasteiger partial charge in [-0.05, 0) is 107 Å². The predicted octanol–water partition coefficient (Wildman–Crippen LogP) is 3.68. The summed E-state index contributed by atoms with van der Waals surface area (Å²) in [6, 6.07) is 4.66. The first-order valence-corrected chi connectivity index (χ1v) is 17.3. The Balaban J connectivity index is 0.000000129. The van der Waals surface area contributed by atoms with Crippen LogP contribution in [0.25, 0.3) is 0 Å². The second-order valence-corrected chi connectivity index (χ2v) is 14.7. The van der Waals surface area contributed by atoms with Crippen molar-refractivity contribution in [3.05, 3.63) is 0 Å². The molecular formula is C33H65N7O. The van der Waals surface area contributed by atoms with Crippen LogP contribution in [0, 0.1) is 0 Å². The maximum atomic E-state index is 11.7. The third-order valence-electron chi connectivity index (χ3n) is 10.5. The summed E-state index contributed by atoms with van der Waals surface area (Å²) < 4.78 is 0. The lowest BCUT2D eigenvalue weighted by molar-refractivity contribution is -0.130. The van der Waals surface area contributed by atoms with E-state index in [9.17, 15) is 4.79 Å². The third kappa shape index (κ3) is 9.12. The largest absolute Gasteiger partial charge is 0.326 e. The average Bonchev–Trinajstić information content (AvgIpc) is 3.34. The highest BCUT2D eigenvalue weighted by molar-refractivity contribution is 5.84. The molecule has 1 amide bonds. The van der Waals surface area contributed by atoms with E-state index in [4.69, 9.17) is 0 Å². The van der Waals surface area contributed by atoms with Gasteiger partial charge in [-0.15, -0.1) is 0 Å². The van der Waals surface area contributed by atoms with E-state index in [2.05, 4.69) is 84.8 Å². The molecule has 0 aromatic rings. The summed E-state index contributed by atoms with van der Waals surface area (Å²) in [4.78, 5) is 28.9. The van der Waals surface area contributed by atoms with Crippen molar-refractivity contribution in [3.63, 3.8) is 0 Å². The van der Waals surface area contributed by atoms with Gasteiger partial charge in [0.25, 0.3) is 0 Å². The highest BCUT2D eigenvalue weighted by Gasteiger charge is 2.41. The fourth-order valence-electron chi connectivity index (χ4n) is 7.43. The second-order valence-electron chi connectivity index (χ2n) is 14.7. The van der Waals surface area contributed by atoms with Gasteiger partial charge in [0, 0.05) is 82.1 Å². The molecule has 0 aromatic heterocycles. The molecular weight excluding hydrogens is 510 g/mol. The van der Waals surface area contributed by atoms with Gasteiger partial charge in [-0.3, -0.25) is 34.2 Å². The van der Waals surface area contributed by atoms with Crippen LogP contribution >= 0.6 is 0 Å². The Morgan fingerprint density at radius 3 is 1.54 bits per heavy atom. The van der Waals surface area contributed by atoms with Crippen LogP contribution in [0.5, 0.6) is 0 Å². The van der Waals surface area contributed by atoms with E-state index in [0.717, 1.165) is 49.8 Å². The number of rotatable bonds is 4. The monoisotopic (exact) mass is 576 g/mol. The summed E-state index contributed by atoms with van der Waals surface area (Å²) in [7, 11) is 0. The van der Waals surface area contributed by atoms with E-state index in [1.807, 2.05) is 4.90 Å². The Hall–Kier alpha value is -0.770. The minimum Gasteiger partial charge on any atom is -0.326 e. The minimum absolute atomic E-state index is 0.229. The molecule has 0 bridgehead atoms. The van der Waals surface area contributed by atoms with E-state index >= 15 is 0 Å². The molecule has 0 aliphatic carbocycles. The van der Waals surface area contributed by atoms with Gasteiger partial charge >= 0.3 is 0 Å². The molecule has 3 atom stereocenters. The predicted molar refractivity (Wildman–Crippen MR) is 171 cm³/mol. The standard InChI is InChI=1S/C10H20N2.C9H16N2O.C9H18N2.C5H11N/c1-9(2)12-7-6-11-5-3-4-10(11)8-12;1-7(2)11-6-10-5-3-4-8(10)9(11)12;1-8(2)11-6-9-4-3-5-10(9)7-11;1-5(2)6-3-4-6/h9-10H,3-8H2,1-2H3;7-8H,3-6H2,1-2H3;8-9H,3-7H2,1-2H3;5H,3-4H2,1-2H3. The molecule has 7 aliphatic rings. The summed E-state index contributed by atoms with van der Waals surface area (Å²) in [5.74, 6) is 0.350. The molecule has 41 heavy (non-hydrogen) atoms. The first-order valence-electron chi connectivity index (χ1n) is 17.3. The van der Waals surface area contributed by atoms with Gasteiger partial charge in [-0.1, -0.05) is 0 Å². The Morgan fingerprint density at radius 1 is 0.512 bits per heavy atom. The van der Waals surface area contributed by atoms with Crippen LogP contribution in [-0.2, 0) is 4.79 Å². The molecule has 7 aliphatic heterocycles. The molecule has 8 nitrogen and oxygen atoms in total. The van der Waals surface area contributed by atoms with E-state index in [1.165, 1.54) is 91.1 Å². The first kappa shape index (κ1) is 33.1. The van der Waals surface area contributed by atoms with Crippen molar-refractivity contribution in [1.29, 1.82) is 0 Å². The van der Waals surface area contributed by atoms with Crippen LogP contribution in [-0.4, -0.2) is 155 Å². The average molecular weight is 576 g/mol. The minimum atomic E-state index is 0.229. The maximum Gasteiger partial charge on any atom is 0.241 e. The van der Waals surface area contributed by atoms with Crippen LogP contribution in [0.3, 0.4) is 0 Å². The fourth-order valence-corrected chi connectivity index (χ4v) is 7.43. The van der Waals surface area contributed by atoms with Crippen molar-refractivity contribution in [2.75, 3.05) is 72.2 Å². The first-order chi connectivity index (χ1) is 19.5. The van der Waals surface area contributed by atoms with Gasteiger partial charge in [-0.2, -0.15) is 0 Å². The van der Waals surface area contributed by atoms with Crippen molar-refractivity contribution in [2.45, 2.75) is 136 Å². The zero-order valence-corrected chi connectivity index (χ0v) is 28.1. The smallest absolute Gasteiger partial charge is 0.241 e. The SMILES string of the molecule is CC(C)N1CC1.CC(C)N1CC2CCCN2C1.CC(C)N1CCN2CCCC2C1.CC(C)N1CN2CCCC2C1=O. The van der Waals surface area contributed by atoms with Gasteiger partial charge < -0.3 is 4.90 Å². The fraction of sp³-hybridized carbons (Fsp3) is 0.970. The number of nitrogens with zero attached hydrogens (tertiary/aromatic N) is 7. The van der Waals surface area contributed by atoms with Crippen LogP contribution < -0.4 is 0 Å². The van der Waals surface area contributed by atoms with Crippen molar-refractivity contribution < 1.29 is 4.79 Å². The number of amides is 1. The van der Waals surface area contributed by atoms with Crippen molar-refractivity contribution >= 4 is 5.91 Å². The molecule has 0 saturated carbocycles. The number of carbonyl (C=O) groups excluding carboxylic acids is 1. The Kier molecular flexibility index (Phi) is 12.4. The molecule has 0 radical (unpaired) electrons. The number of hydrogen-bond donors (Lipinski definition) is 0. The van der Waals surface area contributed by atoms with Crippen molar-refractivity contribution in [1.82, 2.24) is 34.3 Å². The highest BCUT2D eigenvalue weighted by atomic mass is 16.2. The lowest BCUT2D eigenvalue weighted by Crippen LogP contribution is -2.52. The summed E-state index contributed by atoms with van der Waals surface area (Å²) in [6.07, 6.45) is 7.99. The summed E-state index contributed by atoms with van der Waals surface area (Å²) in [6.45, 7) is 31.6. The van der Waals surface area contributed by atoms with Crippen molar-refractivity contribution in [2.24, 2.45) is 0 Å². The van der Waals surface area contributed by atoms with E-state index in [-0.39, 0.29) is 6.04 Å². The molecule has 7 saturated heterocycles. The maximum absolute atomic E-state index is 11.7. The summed E-state index contributed by atoms with van der Waals surface area (Å²) in [5.41, 5.74) is 0. The molecule has 8 heteroatoms. The zero-order valence-electron chi connectivity index (χ0n) is 28.1. The number of carbonyl (C=O) groups is 1. The quantitative estimate of drug-likeness (QED) is 0.474. The van der Waals surface area contributed by atoms with Gasteiger partial charge in [0.05, 0.1) is 19.4 Å². The van der Waals surface area contributed by atoms with Gasteiger partial charge in [0.2, 0.25) is 5.91 Å². The van der Waals surface area contributed by atoms with Crippen LogP contribution in [0.15, 0.2) is 0 Å². The Morgan fingerprint density at radius 2 is 1.02 bits per heavy atom. The lowest BCUT2D eigenvalue weighted by atomic mass is 10.1.